The van der Waals surface area contributed by atoms with Crippen molar-refractivity contribution in [3.63, 3.8) is 0 Å². The van der Waals surface area contributed by atoms with Gasteiger partial charge in [0.05, 0.1) is 18.4 Å². The molecular weight excluding hydrogens is 591 g/mol. The van der Waals surface area contributed by atoms with Crippen molar-refractivity contribution in [2.45, 2.75) is 5.48 Å². The molecule has 0 radical (unpaired) electrons. The van der Waals surface area contributed by atoms with E-state index >= 15 is 0 Å². The van der Waals surface area contributed by atoms with Gasteiger partial charge in [0.25, 0.3) is 0 Å². The minimum absolute atomic E-state index is 0.230. The normalized spacial score (nSPS) is 13.7. The Morgan fingerprint density at radius 3 is 2.42 bits per heavy atom. The van der Waals surface area contributed by atoms with Gasteiger partial charge in [-0.1, -0.05) is 57.3 Å². The third-order valence-electron chi connectivity index (χ3n) is 2.26. The number of carboxylic acid groups (broad SMARTS) is 1. The standard InChI is InChI=1S/C11H10I3NO4/c1-19-8(16)6-4-2-3-5-7(6)15-11(14,9(12)13)10(17)18/h2-5,9,15H,1H3,(H,17,18). The SMILES string of the molecule is COC(=O)c1ccccc1NC(I)(C(=O)O)C(I)I. The third-order valence-corrected chi connectivity index (χ3v) is 7.87. The van der Waals surface area contributed by atoms with Gasteiger partial charge in [-0.05, 0) is 34.7 Å². The summed E-state index contributed by atoms with van der Waals surface area (Å²) >= 11 is 5.88. The molecule has 1 atom stereocenters. The monoisotopic (exact) mass is 601 g/mol. The molecular formula is C11H10I3NO4. The Hall–Kier alpha value is 0.150. The molecule has 8 heteroatoms. The number of carbonyl (C=O) groups is 2. The number of methoxy groups -OCH3 is 1. The van der Waals surface area contributed by atoms with Crippen LogP contribution in [0.2, 0.25) is 0 Å². The lowest BCUT2D eigenvalue weighted by Gasteiger charge is -2.28. The van der Waals surface area contributed by atoms with Crippen LogP contribution in [0.15, 0.2) is 24.3 Å². The van der Waals surface area contributed by atoms with Gasteiger partial charge in [0.1, 0.15) is 1.93 Å². The van der Waals surface area contributed by atoms with E-state index in [0.717, 1.165) is 0 Å². The number of alkyl halides is 3. The van der Waals surface area contributed by atoms with E-state index in [1.807, 2.05) is 67.8 Å². The first kappa shape index (κ1) is 17.2. The lowest BCUT2D eigenvalue weighted by atomic mass is 10.1. The number of carboxylic acids is 1. The fourth-order valence-corrected chi connectivity index (χ4v) is 2.41. The maximum absolute atomic E-state index is 11.6. The van der Waals surface area contributed by atoms with Crippen LogP contribution in [0.3, 0.4) is 0 Å². The van der Waals surface area contributed by atoms with E-state index in [-0.39, 0.29) is 1.93 Å². The molecule has 104 valence electrons. The predicted molar refractivity (Wildman–Crippen MR) is 97.6 cm³/mol. The van der Waals surface area contributed by atoms with Crippen LogP contribution in [-0.4, -0.2) is 29.6 Å². The second kappa shape index (κ2) is 7.24. The summed E-state index contributed by atoms with van der Waals surface area (Å²) < 4.78 is 3.23. The topological polar surface area (TPSA) is 75.6 Å². The number of hydrogen-bond acceptors (Lipinski definition) is 4. The van der Waals surface area contributed by atoms with Crippen molar-refractivity contribution in [3.05, 3.63) is 29.8 Å². The van der Waals surface area contributed by atoms with Crippen molar-refractivity contribution >= 4 is 85.4 Å². The molecule has 0 spiro atoms. The number of ether oxygens (including phenoxy) is 1. The fraction of sp³-hybridized carbons (Fsp3) is 0.273. The Morgan fingerprint density at radius 2 is 1.95 bits per heavy atom. The minimum Gasteiger partial charge on any atom is -0.479 e. The van der Waals surface area contributed by atoms with Gasteiger partial charge < -0.3 is 15.2 Å². The number of aliphatic carboxylic acids is 1. The highest BCUT2D eigenvalue weighted by Crippen LogP contribution is 2.36. The maximum atomic E-state index is 11.6. The number of anilines is 1. The molecule has 1 unspecified atom stereocenters. The maximum Gasteiger partial charge on any atom is 0.341 e. The van der Waals surface area contributed by atoms with Crippen LogP contribution >= 0.6 is 67.8 Å². The zero-order valence-corrected chi connectivity index (χ0v) is 16.2. The zero-order chi connectivity index (χ0) is 14.6. The van der Waals surface area contributed by atoms with Crippen molar-refractivity contribution in [2.75, 3.05) is 12.4 Å². The molecule has 0 aromatic heterocycles. The number of esters is 1. The van der Waals surface area contributed by atoms with E-state index in [0.29, 0.717) is 11.3 Å². The Kier molecular flexibility index (Phi) is 6.56. The molecule has 0 heterocycles. The molecule has 5 nitrogen and oxygen atoms in total. The lowest BCUT2D eigenvalue weighted by molar-refractivity contribution is -0.137. The lowest BCUT2D eigenvalue weighted by Crippen LogP contribution is -2.45. The van der Waals surface area contributed by atoms with Crippen LogP contribution in [0.4, 0.5) is 5.69 Å². The van der Waals surface area contributed by atoms with Crippen molar-refractivity contribution in [3.8, 4) is 0 Å². The highest BCUT2D eigenvalue weighted by Gasteiger charge is 2.42. The molecule has 2 N–H and O–H groups in total. The first-order valence-electron chi connectivity index (χ1n) is 4.99. The van der Waals surface area contributed by atoms with Crippen molar-refractivity contribution in [2.24, 2.45) is 0 Å². The van der Waals surface area contributed by atoms with Gasteiger partial charge in [0, 0.05) is 0 Å². The Morgan fingerprint density at radius 1 is 1.37 bits per heavy atom. The van der Waals surface area contributed by atoms with E-state index in [2.05, 4.69) is 10.1 Å². The zero-order valence-electron chi connectivity index (χ0n) is 9.69. The Bertz CT molecular complexity index is 495. The average Bonchev–Trinajstić information content (AvgIpc) is 2.37. The average molecular weight is 601 g/mol. The quantitative estimate of drug-likeness (QED) is 0.235. The molecule has 0 aliphatic heterocycles. The van der Waals surface area contributed by atoms with Crippen molar-refractivity contribution in [1.29, 1.82) is 0 Å². The number of nitrogens with one attached hydrogen (secondary N) is 1. The van der Waals surface area contributed by atoms with Crippen LogP contribution in [0.25, 0.3) is 0 Å². The van der Waals surface area contributed by atoms with E-state index in [4.69, 9.17) is 0 Å². The first-order valence-corrected chi connectivity index (χ1v) is 8.56. The van der Waals surface area contributed by atoms with Gasteiger partial charge in [-0.3, -0.25) is 0 Å². The summed E-state index contributed by atoms with van der Waals surface area (Å²) in [5.74, 6) is -1.51. The van der Waals surface area contributed by atoms with Gasteiger partial charge in [0.2, 0.25) is 3.55 Å². The second-order valence-corrected chi connectivity index (χ2v) is 10.1. The van der Waals surface area contributed by atoms with E-state index in [1.54, 1.807) is 24.3 Å². The van der Waals surface area contributed by atoms with E-state index in [9.17, 15) is 14.7 Å². The molecule has 19 heavy (non-hydrogen) atoms. The molecule has 0 bridgehead atoms. The van der Waals surface area contributed by atoms with Gasteiger partial charge in [-0.15, -0.1) is 0 Å². The number of para-hydroxylation sites is 1. The summed E-state index contributed by atoms with van der Waals surface area (Å²) in [4.78, 5) is 23.1. The third kappa shape index (κ3) is 4.06. The summed E-state index contributed by atoms with van der Waals surface area (Å²) in [7, 11) is 1.28. The van der Waals surface area contributed by atoms with Crippen molar-refractivity contribution < 1.29 is 19.4 Å². The van der Waals surface area contributed by atoms with E-state index in [1.165, 1.54) is 7.11 Å². The molecule has 0 fully saturated rings. The molecule has 0 saturated carbocycles. The van der Waals surface area contributed by atoms with Gasteiger partial charge in [-0.2, -0.15) is 0 Å². The Labute approximate surface area is 151 Å². The number of rotatable bonds is 5. The number of carbonyl (C=O) groups excluding carboxylic acids is 1. The number of benzene rings is 1. The van der Waals surface area contributed by atoms with E-state index < -0.39 is 15.5 Å². The molecule has 0 aliphatic rings. The van der Waals surface area contributed by atoms with Crippen LogP contribution in [-0.2, 0) is 9.53 Å². The second-order valence-electron chi connectivity index (χ2n) is 3.48. The summed E-state index contributed by atoms with van der Waals surface area (Å²) in [5, 5.41) is 12.3. The fourth-order valence-electron chi connectivity index (χ4n) is 1.28. The van der Waals surface area contributed by atoms with Gasteiger partial charge in [-0.25, -0.2) is 9.59 Å². The number of halogens is 3. The molecule has 1 aromatic carbocycles. The highest BCUT2D eigenvalue weighted by atomic mass is 127. The van der Waals surface area contributed by atoms with Gasteiger partial charge >= 0.3 is 11.9 Å². The summed E-state index contributed by atoms with van der Waals surface area (Å²) in [5.41, 5.74) is 0.741. The minimum atomic E-state index is -1.22. The number of hydrogen-bond donors (Lipinski definition) is 2. The largest absolute Gasteiger partial charge is 0.479 e. The molecule has 0 amide bonds. The molecule has 1 aromatic rings. The summed E-state index contributed by atoms with van der Waals surface area (Å²) in [6.07, 6.45) is 0. The molecule has 0 saturated heterocycles. The predicted octanol–water partition coefficient (Wildman–Crippen LogP) is 3.30. The van der Waals surface area contributed by atoms with Crippen molar-refractivity contribution in [1.82, 2.24) is 0 Å². The van der Waals surface area contributed by atoms with Crippen LogP contribution in [0, 0.1) is 0 Å². The molecule has 1 rings (SSSR count). The van der Waals surface area contributed by atoms with Crippen LogP contribution < -0.4 is 5.32 Å². The summed E-state index contributed by atoms with van der Waals surface area (Å²) in [6.45, 7) is 0. The first-order chi connectivity index (χ1) is 8.82. The Balaban J connectivity index is 3.18. The highest BCUT2D eigenvalue weighted by molar-refractivity contribution is 14.2. The van der Waals surface area contributed by atoms with Crippen LogP contribution in [0.1, 0.15) is 10.4 Å². The van der Waals surface area contributed by atoms with Crippen LogP contribution in [0.5, 0.6) is 0 Å². The smallest absolute Gasteiger partial charge is 0.341 e. The summed E-state index contributed by atoms with van der Waals surface area (Å²) in [6, 6.07) is 6.66. The molecule has 0 aliphatic carbocycles. The van der Waals surface area contributed by atoms with Gasteiger partial charge in [0.15, 0.2) is 0 Å².